The van der Waals surface area contributed by atoms with Gasteiger partial charge in [-0.1, -0.05) is 11.6 Å². The monoisotopic (exact) mass is 174 g/mol. The van der Waals surface area contributed by atoms with E-state index >= 15 is 0 Å². The van der Waals surface area contributed by atoms with E-state index in [1.165, 1.54) is 0 Å². The van der Waals surface area contributed by atoms with Gasteiger partial charge in [0.2, 0.25) is 0 Å². The lowest BCUT2D eigenvalue weighted by atomic mass is 10.4. The van der Waals surface area contributed by atoms with Crippen molar-refractivity contribution >= 4 is 23.3 Å². The van der Waals surface area contributed by atoms with Gasteiger partial charge in [-0.3, -0.25) is 0 Å². The molecule has 0 unspecified atom stereocenters. The summed E-state index contributed by atoms with van der Waals surface area (Å²) >= 11 is 5.14. The molecule has 0 atom stereocenters. The zero-order valence-electron chi connectivity index (χ0n) is 5.95. The number of halogens is 1. The molecule has 0 aromatic heterocycles. The highest BCUT2D eigenvalue weighted by Gasteiger charge is 2.16. The summed E-state index contributed by atoms with van der Waals surface area (Å²) in [6.07, 6.45) is 1.14. The van der Waals surface area contributed by atoms with E-state index in [1.807, 2.05) is 0 Å². The van der Waals surface area contributed by atoms with E-state index in [1.54, 1.807) is 6.92 Å². The Hall–Kier alpha value is -1.12. The molecule has 0 saturated carbocycles. The first-order valence-electron chi connectivity index (χ1n) is 2.92. The second-order valence-electron chi connectivity index (χ2n) is 1.50. The molecular formula is C6H7ClN2O2. The third kappa shape index (κ3) is 3.55. The van der Waals surface area contributed by atoms with Crippen LogP contribution in [0.1, 0.15) is 6.92 Å². The minimum atomic E-state index is -0.702. The molecule has 0 amide bonds. The van der Waals surface area contributed by atoms with Crippen molar-refractivity contribution < 1.29 is 14.3 Å². The molecule has 0 aromatic carbocycles. The first kappa shape index (κ1) is 9.88. The fourth-order valence-corrected chi connectivity index (χ4v) is 0.526. The van der Waals surface area contributed by atoms with Gasteiger partial charge in [0.1, 0.15) is 0 Å². The van der Waals surface area contributed by atoms with Gasteiger partial charge >= 0.3 is 11.7 Å². The van der Waals surface area contributed by atoms with Gasteiger partial charge in [-0.2, -0.15) is 4.79 Å². The molecule has 0 spiro atoms. The summed E-state index contributed by atoms with van der Waals surface area (Å²) in [6, 6.07) is 0. The molecule has 4 nitrogen and oxygen atoms in total. The molecular weight excluding hydrogens is 168 g/mol. The van der Waals surface area contributed by atoms with Crippen LogP contribution in [0.4, 0.5) is 0 Å². The molecule has 60 valence electrons. The van der Waals surface area contributed by atoms with Crippen molar-refractivity contribution in [3.8, 4) is 0 Å². The number of nitrogens with zero attached hydrogens (tertiary/aromatic N) is 2. The lowest BCUT2D eigenvalue weighted by Crippen LogP contribution is -2.15. The third-order valence-electron chi connectivity index (χ3n) is 0.813. The quantitative estimate of drug-likeness (QED) is 0.277. The summed E-state index contributed by atoms with van der Waals surface area (Å²) in [5.41, 5.74) is 9.07. The summed E-state index contributed by atoms with van der Waals surface area (Å²) < 4.78 is 4.51. The van der Waals surface area contributed by atoms with Crippen LogP contribution in [-0.4, -0.2) is 23.1 Å². The van der Waals surface area contributed by atoms with Crippen LogP contribution >= 0.6 is 11.6 Å². The van der Waals surface area contributed by atoms with E-state index < -0.39 is 5.97 Å². The molecule has 0 saturated heterocycles. The fourth-order valence-electron chi connectivity index (χ4n) is 0.407. The molecule has 0 aliphatic rings. The van der Waals surface area contributed by atoms with Gasteiger partial charge in [0.15, 0.2) is 0 Å². The second kappa shape index (κ2) is 5.65. The zero-order valence-corrected chi connectivity index (χ0v) is 6.71. The average molecular weight is 175 g/mol. The van der Waals surface area contributed by atoms with E-state index in [9.17, 15) is 4.79 Å². The van der Waals surface area contributed by atoms with E-state index in [-0.39, 0.29) is 12.3 Å². The maximum atomic E-state index is 10.7. The van der Waals surface area contributed by atoms with Crippen molar-refractivity contribution in [3.63, 3.8) is 0 Å². The lowest BCUT2D eigenvalue weighted by Gasteiger charge is -1.91. The highest BCUT2D eigenvalue weighted by molar-refractivity contribution is 6.40. The number of carbonyl (C=O) groups is 1. The Morgan fingerprint density at radius 2 is 2.45 bits per heavy atom. The van der Waals surface area contributed by atoms with E-state index in [0.29, 0.717) is 0 Å². The highest BCUT2D eigenvalue weighted by Crippen LogP contribution is 1.85. The van der Waals surface area contributed by atoms with Crippen molar-refractivity contribution in [1.82, 2.24) is 0 Å². The van der Waals surface area contributed by atoms with E-state index in [4.69, 9.17) is 17.1 Å². The summed E-state index contributed by atoms with van der Waals surface area (Å²) in [6.45, 7) is 1.88. The number of esters is 1. The van der Waals surface area contributed by atoms with E-state index in [2.05, 4.69) is 9.53 Å². The number of ether oxygens (including phenoxy) is 1. The third-order valence-corrected chi connectivity index (χ3v) is 0.939. The maximum absolute atomic E-state index is 10.7. The number of rotatable bonds is 3. The molecule has 0 N–H and O–H groups in total. The molecule has 0 bridgehead atoms. The molecule has 0 radical (unpaired) electrons. The predicted octanol–water partition coefficient (Wildman–Crippen LogP) is 0.973. The van der Waals surface area contributed by atoms with Crippen LogP contribution in [0.25, 0.3) is 5.53 Å². The average Bonchev–Trinajstić information content (AvgIpc) is 2.00. The van der Waals surface area contributed by atoms with Crippen LogP contribution in [0.3, 0.4) is 0 Å². The van der Waals surface area contributed by atoms with Gasteiger partial charge in [-0.25, -0.2) is 4.79 Å². The molecule has 11 heavy (non-hydrogen) atoms. The molecule has 0 aromatic rings. The highest BCUT2D eigenvalue weighted by atomic mass is 35.5. The van der Waals surface area contributed by atoms with Gasteiger partial charge in [0, 0.05) is 11.6 Å². The Bertz CT molecular complexity index is 219. The summed E-state index contributed by atoms with van der Waals surface area (Å²) in [7, 11) is 0. The van der Waals surface area contributed by atoms with Crippen LogP contribution in [0.15, 0.2) is 11.6 Å². The fraction of sp³-hybridized carbons (Fsp3) is 0.333. The standard InChI is InChI=1S/C6H7ClN2O2/c1-2-11-6(10)5(9-8)3-4-7/h3-4H,2H2,1H3/b4-3-. The molecule has 0 aliphatic heterocycles. The minimum absolute atomic E-state index is 0.221. The van der Waals surface area contributed by atoms with Gasteiger partial charge in [-0.15, -0.1) is 0 Å². The molecule has 5 heteroatoms. The largest absolute Gasteiger partial charge is 0.457 e. The van der Waals surface area contributed by atoms with E-state index in [0.717, 1.165) is 11.6 Å². The van der Waals surface area contributed by atoms with Crippen LogP contribution in [-0.2, 0) is 9.53 Å². The topological polar surface area (TPSA) is 62.7 Å². The smallest absolute Gasteiger partial charge is 0.421 e. The van der Waals surface area contributed by atoms with Crippen molar-refractivity contribution in [2.24, 2.45) is 0 Å². The van der Waals surface area contributed by atoms with Gasteiger partial charge in [0.05, 0.1) is 6.61 Å². The maximum Gasteiger partial charge on any atom is 0.421 e. The van der Waals surface area contributed by atoms with Gasteiger partial charge < -0.3 is 10.3 Å². The van der Waals surface area contributed by atoms with Crippen LogP contribution < -0.4 is 0 Å². The van der Waals surface area contributed by atoms with Crippen molar-refractivity contribution in [2.45, 2.75) is 6.92 Å². The van der Waals surface area contributed by atoms with Crippen LogP contribution in [0.5, 0.6) is 0 Å². The Labute approximate surface area is 69.0 Å². The Morgan fingerprint density at radius 1 is 1.82 bits per heavy atom. The Kier molecular flexibility index (Phi) is 5.07. The zero-order chi connectivity index (χ0) is 8.69. The number of hydrogen-bond donors (Lipinski definition) is 0. The number of carbonyl (C=O) groups excluding carboxylic acids is 1. The van der Waals surface area contributed by atoms with Gasteiger partial charge in [0.25, 0.3) is 0 Å². The number of hydrogen-bond acceptors (Lipinski definition) is 2. The van der Waals surface area contributed by atoms with Crippen molar-refractivity contribution in [3.05, 3.63) is 17.1 Å². The molecule has 0 fully saturated rings. The summed E-state index contributed by atoms with van der Waals surface area (Å²) in [5, 5.41) is 0. The SMILES string of the molecule is CCOC(=O)C(/C=C\Cl)=[N+]=[N-]. The Balaban J connectivity index is 4.29. The normalized spacial score (nSPS) is 9.27. The molecule has 0 aliphatic carbocycles. The van der Waals surface area contributed by atoms with Crippen molar-refractivity contribution in [1.29, 1.82) is 0 Å². The van der Waals surface area contributed by atoms with Crippen LogP contribution in [0.2, 0.25) is 0 Å². The second-order valence-corrected chi connectivity index (χ2v) is 1.75. The van der Waals surface area contributed by atoms with Crippen molar-refractivity contribution in [2.75, 3.05) is 6.61 Å². The first-order valence-corrected chi connectivity index (χ1v) is 3.35. The first-order chi connectivity index (χ1) is 5.26. The minimum Gasteiger partial charge on any atom is -0.457 e. The van der Waals surface area contributed by atoms with Gasteiger partial charge in [-0.05, 0) is 6.92 Å². The summed E-state index contributed by atoms with van der Waals surface area (Å²) in [4.78, 5) is 13.4. The predicted molar refractivity (Wildman–Crippen MR) is 40.3 cm³/mol. The molecule has 0 rings (SSSR count). The molecule has 0 heterocycles. The van der Waals surface area contributed by atoms with Crippen LogP contribution in [0, 0.1) is 0 Å². The lowest BCUT2D eigenvalue weighted by molar-refractivity contribution is -0.139. The Morgan fingerprint density at radius 3 is 2.82 bits per heavy atom. The summed E-state index contributed by atoms with van der Waals surface area (Å²) in [5.74, 6) is -0.702.